The summed E-state index contributed by atoms with van der Waals surface area (Å²) < 4.78 is 16.3. The molecule has 1 amide bonds. The molecule has 7 heteroatoms. The molecular weight excluding hydrogens is 346 g/mol. The first kappa shape index (κ1) is 16.6. The van der Waals surface area contributed by atoms with Crippen molar-refractivity contribution >= 4 is 40.3 Å². The summed E-state index contributed by atoms with van der Waals surface area (Å²) in [6, 6.07) is 9.03. The van der Waals surface area contributed by atoms with Crippen LogP contribution in [-0.4, -0.2) is 29.3 Å². The molecule has 3 rings (SSSR count). The van der Waals surface area contributed by atoms with Gasteiger partial charge in [0.1, 0.15) is 21.6 Å². The van der Waals surface area contributed by atoms with Gasteiger partial charge in [0.05, 0.1) is 31.9 Å². The van der Waals surface area contributed by atoms with Crippen molar-refractivity contribution in [1.29, 1.82) is 0 Å². The van der Waals surface area contributed by atoms with E-state index in [1.807, 2.05) is 18.2 Å². The number of methoxy groups -OCH3 is 2. The summed E-state index contributed by atoms with van der Waals surface area (Å²) >= 11 is 6.59. The van der Waals surface area contributed by atoms with Crippen molar-refractivity contribution in [2.75, 3.05) is 14.2 Å². The van der Waals surface area contributed by atoms with Crippen LogP contribution >= 0.6 is 24.0 Å². The molecule has 0 saturated carbocycles. The number of carbonyl (C=O) groups excluding carboxylic acids is 1. The van der Waals surface area contributed by atoms with Crippen LogP contribution in [0.25, 0.3) is 6.08 Å². The fourth-order valence-corrected chi connectivity index (χ4v) is 3.52. The van der Waals surface area contributed by atoms with Gasteiger partial charge in [0.2, 0.25) is 0 Å². The highest BCUT2D eigenvalue weighted by Crippen LogP contribution is 2.36. The van der Waals surface area contributed by atoms with Gasteiger partial charge in [0, 0.05) is 11.6 Å². The van der Waals surface area contributed by atoms with Gasteiger partial charge in [-0.3, -0.25) is 9.69 Å². The molecule has 2 aromatic rings. The van der Waals surface area contributed by atoms with Gasteiger partial charge < -0.3 is 13.9 Å². The number of nitrogens with zero attached hydrogens (tertiary/aromatic N) is 1. The van der Waals surface area contributed by atoms with Crippen molar-refractivity contribution in [1.82, 2.24) is 4.90 Å². The quantitative estimate of drug-likeness (QED) is 0.598. The largest absolute Gasteiger partial charge is 0.497 e. The first-order valence-corrected chi connectivity index (χ1v) is 8.34. The summed E-state index contributed by atoms with van der Waals surface area (Å²) in [5, 5.41) is 0. The zero-order chi connectivity index (χ0) is 17.1. The SMILES string of the molecule is COc1ccc(C=C2SC(=S)N(Cc3ccco3)C2=O)c(OC)c1. The molecule has 5 nitrogen and oxygen atoms in total. The zero-order valence-corrected chi connectivity index (χ0v) is 14.8. The van der Waals surface area contributed by atoms with E-state index in [9.17, 15) is 4.79 Å². The van der Waals surface area contributed by atoms with Crippen LogP contribution in [0.3, 0.4) is 0 Å². The maximum atomic E-state index is 12.6. The van der Waals surface area contributed by atoms with E-state index >= 15 is 0 Å². The average molecular weight is 361 g/mol. The Hall–Kier alpha value is -2.25. The standard InChI is InChI=1S/C17H15NO4S2/c1-20-12-6-5-11(14(9-12)21-2)8-15-16(19)18(17(23)24-15)10-13-4-3-7-22-13/h3-9H,10H2,1-2H3. The topological polar surface area (TPSA) is 51.9 Å². The lowest BCUT2D eigenvalue weighted by molar-refractivity contribution is -0.122. The maximum Gasteiger partial charge on any atom is 0.266 e. The second kappa shape index (κ2) is 7.11. The molecule has 1 saturated heterocycles. The Kier molecular flexibility index (Phi) is 4.92. The van der Waals surface area contributed by atoms with Crippen molar-refractivity contribution in [3.8, 4) is 11.5 Å². The van der Waals surface area contributed by atoms with Crippen LogP contribution in [0.2, 0.25) is 0 Å². The number of hydrogen-bond donors (Lipinski definition) is 0. The Morgan fingerprint density at radius 1 is 1.29 bits per heavy atom. The summed E-state index contributed by atoms with van der Waals surface area (Å²) in [5.74, 6) is 1.87. The van der Waals surface area contributed by atoms with Gasteiger partial charge in [0.25, 0.3) is 5.91 Å². The third-order valence-electron chi connectivity index (χ3n) is 3.49. The molecule has 124 valence electrons. The molecule has 0 spiro atoms. The second-order valence-corrected chi connectivity index (χ2v) is 6.63. The Morgan fingerprint density at radius 2 is 2.12 bits per heavy atom. The summed E-state index contributed by atoms with van der Waals surface area (Å²) in [4.78, 5) is 14.7. The number of thiocarbonyl (C=S) groups is 1. The maximum absolute atomic E-state index is 12.6. The molecule has 1 aliphatic heterocycles. The van der Waals surface area contributed by atoms with Gasteiger partial charge in [-0.25, -0.2) is 0 Å². The number of rotatable bonds is 5. The third-order valence-corrected chi connectivity index (χ3v) is 4.87. The molecule has 1 aromatic carbocycles. The molecule has 1 aliphatic rings. The number of furan rings is 1. The van der Waals surface area contributed by atoms with Crippen LogP contribution in [-0.2, 0) is 11.3 Å². The normalized spacial score (nSPS) is 16.1. The van der Waals surface area contributed by atoms with E-state index in [1.165, 1.54) is 16.7 Å². The van der Waals surface area contributed by atoms with E-state index in [2.05, 4.69) is 0 Å². The molecule has 0 aliphatic carbocycles. The van der Waals surface area contributed by atoms with Crippen LogP contribution in [0.15, 0.2) is 45.9 Å². The number of ether oxygens (including phenoxy) is 2. The number of amides is 1. The van der Waals surface area contributed by atoms with Crippen LogP contribution in [0, 0.1) is 0 Å². The third kappa shape index (κ3) is 3.32. The lowest BCUT2D eigenvalue weighted by atomic mass is 10.1. The lowest BCUT2D eigenvalue weighted by Gasteiger charge is -2.12. The predicted octanol–water partition coefficient (Wildman–Crippen LogP) is 3.70. The number of benzene rings is 1. The van der Waals surface area contributed by atoms with Crippen LogP contribution < -0.4 is 9.47 Å². The Bertz CT molecular complexity index is 799. The molecule has 1 aromatic heterocycles. The number of hydrogen-bond acceptors (Lipinski definition) is 6. The summed E-state index contributed by atoms with van der Waals surface area (Å²) in [5.41, 5.74) is 0.789. The second-order valence-electron chi connectivity index (χ2n) is 4.96. The van der Waals surface area contributed by atoms with Crippen molar-refractivity contribution in [2.24, 2.45) is 0 Å². The Balaban J connectivity index is 1.86. The van der Waals surface area contributed by atoms with Gasteiger partial charge >= 0.3 is 0 Å². The molecule has 0 radical (unpaired) electrons. The molecule has 2 heterocycles. The van der Waals surface area contributed by atoms with Crippen LogP contribution in [0.4, 0.5) is 0 Å². The van der Waals surface area contributed by atoms with Gasteiger partial charge in [0.15, 0.2) is 0 Å². The molecule has 24 heavy (non-hydrogen) atoms. The molecule has 0 atom stereocenters. The van der Waals surface area contributed by atoms with Crippen molar-refractivity contribution in [2.45, 2.75) is 6.54 Å². The molecule has 1 fully saturated rings. The highest BCUT2D eigenvalue weighted by molar-refractivity contribution is 8.26. The molecular formula is C17H15NO4S2. The minimum Gasteiger partial charge on any atom is -0.497 e. The van der Waals surface area contributed by atoms with Crippen LogP contribution in [0.5, 0.6) is 11.5 Å². The number of carbonyl (C=O) groups is 1. The van der Waals surface area contributed by atoms with E-state index in [1.54, 1.807) is 38.7 Å². The van der Waals surface area contributed by atoms with Gasteiger partial charge in [-0.1, -0.05) is 24.0 Å². The summed E-state index contributed by atoms with van der Waals surface area (Å²) in [6.07, 6.45) is 3.35. The highest BCUT2D eigenvalue weighted by Gasteiger charge is 2.32. The zero-order valence-electron chi connectivity index (χ0n) is 13.1. The predicted molar refractivity (Wildman–Crippen MR) is 97.0 cm³/mol. The molecule has 0 bridgehead atoms. The molecule has 0 unspecified atom stereocenters. The first-order chi connectivity index (χ1) is 11.6. The van der Waals surface area contributed by atoms with Crippen molar-refractivity contribution < 1.29 is 18.7 Å². The van der Waals surface area contributed by atoms with E-state index in [-0.39, 0.29) is 5.91 Å². The first-order valence-electron chi connectivity index (χ1n) is 7.12. The molecule has 0 N–H and O–H groups in total. The lowest BCUT2D eigenvalue weighted by Crippen LogP contribution is -2.27. The van der Waals surface area contributed by atoms with Crippen molar-refractivity contribution in [3.05, 3.63) is 52.8 Å². The average Bonchev–Trinajstić information content (AvgIpc) is 3.19. The van der Waals surface area contributed by atoms with E-state index in [4.69, 9.17) is 26.1 Å². The Morgan fingerprint density at radius 3 is 2.79 bits per heavy atom. The van der Waals surface area contributed by atoms with Gasteiger partial charge in [-0.05, 0) is 30.3 Å². The highest BCUT2D eigenvalue weighted by atomic mass is 32.2. The summed E-state index contributed by atoms with van der Waals surface area (Å²) in [7, 11) is 3.17. The monoisotopic (exact) mass is 361 g/mol. The minimum atomic E-state index is -0.140. The van der Waals surface area contributed by atoms with E-state index in [0.717, 1.165) is 5.56 Å². The summed E-state index contributed by atoms with van der Waals surface area (Å²) in [6.45, 7) is 0.328. The van der Waals surface area contributed by atoms with E-state index < -0.39 is 0 Å². The fourth-order valence-electron chi connectivity index (χ4n) is 2.27. The van der Waals surface area contributed by atoms with Gasteiger partial charge in [-0.2, -0.15) is 0 Å². The Labute approximate surface area is 149 Å². The minimum absolute atomic E-state index is 0.140. The smallest absolute Gasteiger partial charge is 0.266 e. The van der Waals surface area contributed by atoms with Crippen LogP contribution in [0.1, 0.15) is 11.3 Å². The van der Waals surface area contributed by atoms with Crippen molar-refractivity contribution in [3.63, 3.8) is 0 Å². The fraction of sp³-hybridized carbons (Fsp3) is 0.176. The van der Waals surface area contributed by atoms with Gasteiger partial charge in [-0.15, -0.1) is 0 Å². The van der Waals surface area contributed by atoms with E-state index in [0.29, 0.717) is 33.0 Å². The number of thioether (sulfide) groups is 1.